The molecule has 1 atom stereocenters. The molecule has 0 aliphatic carbocycles. The number of nitrogens with zero attached hydrogens (tertiary/aromatic N) is 2. The highest BCUT2D eigenvalue weighted by molar-refractivity contribution is 6.14. The number of carbonyl (C=O) groups is 2. The molecule has 0 saturated carbocycles. The minimum atomic E-state index is -1.65. The van der Waals surface area contributed by atoms with E-state index in [9.17, 15) is 14.9 Å². The van der Waals surface area contributed by atoms with Crippen LogP contribution in [0, 0.1) is 18.3 Å². The van der Waals surface area contributed by atoms with E-state index >= 15 is 0 Å². The molecule has 0 bridgehead atoms. The summed E-state index contributed by atoms with van der Waals surface area (Å²) in [6.45, 7) is 3.65. The molecule has 0 fully saturated rings. The van der Waals surface area contributed by atoms with Crippen LogP contribution in [0.25, 0.3) is 0 Å². The SMILES string of the molecule is CCOC(=O)c1[nH]nc2c1C1(C(=O)Nc3ccc(C)cc31)C(C#N)=C(N)O2. The molecule has 4 N–H and O–H groups in total. The monoisotopic (exact) mass is 365 g/mol. The summed E-state index contributed by atoms with van der Waals surface area (Å²) < 4.78 is 10.5. The first-order chi connectivity index (χ1) is 12.9. The van der Waals surface area contributed by atoms with Crippen LogP contribution >= 0.6 is 0 Å². The number of hydrogen-bond acceptors (Lipinski definition) is 7. The molecule has 1 aromatic heterocycles. The van der Waals surface area contributed by atoms with Crippen molar-refractivity contribution in [3.63, 3.8) is 0 Å². The van der Waals surface area contributed by atoms with Gasteiger partial charge in [-0.15, -0.1) is 5.10 Å². The number of fused-ring (bicyclic) bond motifs is 4. The maximum Gasteiger partial charge on any atom is 0.356 e. The van der Waals surface area contributed by atoms with Gasteiger partial charge in [0.05, 0.1) is 12.2 Å². The van der Waals surface area contributed by atoms with Crippen molar-refractivity contribution in [2.45, 2.75) is 19.3 Å². The maximum atomic E-state index is 13.2. The Morgan fingerprint density at radius 3 is 2.96 bits per heavy atom. The summed E-state index contributed by atoms with van der Waals surface area (Å²) >= 11 is 0. The molecule has 1 aromatic carbocycles. The number of rotatable bonds is 2. The topological polar surface area (TPSA) is 143 Å². The summed E-state index contributed by atoms with van der Waals surface area (Å²) in [6, 6.07) is 7.32. The molecule has 4 rings (SSSR count). The van der Waals surface area contributed by atoms with Crippen LogP contribution in [0.1, 0.15) is 34.1 Å². The summed E-state index contributed by atoms with van der Waals surface area (Å²) in [7, 11) is 0. The Morgan fingerprint density at radius 1 is 1.48 bits per heavy atom. The second-order valence-electron chi connectivity index (χ2n) is 6.21. The highest BCUT2D eigenvalue weighted by Gasteiger charge is 2.59. The third kappa shape index (κ3) is 2.01. The molecule has 2 aliphatic rings. The fraction of sp³-hybridized carbons (Fsp3) is 0.222. The van der Waals surface area contributed by atoms with Crippen LogP contribution in [-0.4, -0.2) is 28.7 Å². The van der Waals surface area contributed by atoms with Crippen molar-refractivity contribution in [1.82, 2.24) is 10.2 Å². The molecule has 0 radical (unpaired) electrons. The van der Waals surface area contributed by atoms with Crippen LogP contribution in [0.15, 0.2) is 29.7 Å². The number of aromatic amines is 1. The van der Waals surface area contributed by atoms with Crippen molar-refractivity contribution in [2.24, 2.45) is 5.73 Å². The fourth-order valence-electron chi connectivity index (χ4n) is 3.61. The number of nitriles is 1. The molecule has 9 heteroatoms. The summed E-state index contributed by atoms with van der Waals surface area (Å²) in [4.78, 5) is 25.7. The molecular formula is C18H15N5O4. The van der Waals surface area contributed by atoms with Crippen LogP contribution in [0.3, 0.4) is 0 Å². The van der Waals surface area contributed by atoms with E-state index in [2.05, 4.69) is 15.5 Å². The lowest BCUT2D eigenvalue weighted by Crippen LogP contribution is -2.43. The second-order valence-corrected chi connectivity index (χ2v) is 6.21. The predicted octanol–water partition coefficient (Wildman–Crippen LogP) is 1.22. The Labute approximate surface area is 153 Å². The van der Waals surface area contributed by atoms with Gasteiger partial charge in [0.2, 0.25) is 17.7 Å². The number of nitrogens with one attached hydrogen (secondary N) is 2. The molecular weight excluding hydrogens is 350 g/mol. The average molecular weight is 365 g/mol. The minimum Gasteiger partial charge on any atom is -0.461 e. The molecule has 2 aliphatic heterocycles. The molecule has 1 unspecified atom stereocenters. The summed E-state index contributed by atoms with van der Waals surface area (Å²) in [6.07, 6.45) is 0. The van der Waals surface area contributed by atoms with Crippen molar-refractivity contribution in [1.29, 1.82) is 5.26 Å². The zero-order valence-corrected chi connectivity index (χ0v) is 14.5. The number of H-pyrrole nitrogens is 1. The zero-order chi connectivity index (χ0) is 19.3. The lowest BCUT2D eigenvalue weighted by atomic mass is 9.69. The van der Waals surface area contributed by atoms with Gasteiger partial charge in [-0.2, -0.15) is 5.26 Å². The van der Waals surface area contributed by atoms with Crippen molar-refractivity contribution < 1.29 is 19.1 Å². The van der Waals surface area contributed by atoms with Crippen molar-refractivity contribution in [3.8, 4) is 11.9 Å². The highest BCUT2D eigenvalue weighted by Crippen LogP contribution is 2.53. The molecule has 0 saturated heterocycles. The Hall–Kier alpha value is -3.80. The highest BCUT2D eigenvalue weighted by atomic mass is 16.5. The van der Waals surface area contributed by atoms with Crippen molar-refractivity contribution in [3.05, 3.63) is 52.0 Å². The van der Waals surface area contributed by atoms with Gasteiger partial charge in [0.1, 0.15) is 17.1 Å². The summed E-state index contributed by atoms with van der Waals surface area (Å²) in [5.41, 5.74) is 6.14. The van der Waals surface area contributed by atoms with Gasteiger partial charge in [-0.1, -0.05) is 17.7 Å². The first-order valence-corrected chi connectivity index (χ1v) is 8.21. The molecule has 27 heavy (non-hydrogen) atoms. The van der Waals surface area contributed by atoms with E-state index in [4.69, 9.17) is 15.2 Å². The molecule has 1 amide bonds. The lowest BCUT2D eigenvalue weighted by Gasteiger charge is -2.31. The molecule has 2 aromatic rings. The maximum absolute atomic E-state index is 13.2. The standard InChI is InChI=1S/C18H15N5O4/c1-3-26-16(24)13-12-15(23-22-13)27-14(20)10(7-19)18(12)9-6-8(2)4-5-11(9)21-17(18)25/h4-6H,3,20H2,1-2H3,(H,21,25)(H,22,23). The van der Waals surface area contributed by atoms with Crippen LogP contribution < -0.4 is 15.8 Å². The molecule has 9 nitrogen and oxygen atoms in total. The Bertz CT molecular complexity index is 1080. The Balaban J connectivity index is 2.11. The minimum absolute atomic E-state index is 0.0425. The normalized spacial score (nSPS) is 19.8. The van der Waals surface area contributed by atoms with Gasteiger partial charge >= 0.3 is 5.97 Å². The van der Waals surface area contributed by atoms with E-state index in [1.807, 2.05) is 19.1 Å². The van der Waals surface area contributed by atoms with Crippen molar-refractivity contribution >= 4 is 17.6 Å². The van der Waals surface area contributed by atoms with Gasteiger partial charge in [0, 0.05) is 11.3 Å². The number of ether oxygens (including phenoxy) is 2. The molecule has 136 valence electrons. The third-order valence-corrected chi connectivity index (χ3v) is 4.70. The van der Waals surface area contributed by atoms with Gasteiger partial charge in [0.25, 0.3) is 0 Å². The summed E-state index contributed by atoms with van der Waals surface area (Å²) in [5, 5.41) is 19.1. The number of nitrogens with two attached hydrogens (primary N) is 1. The zero-order valence-electron chi connectivity index (χ0n) is 14.5. The van der Waals surface area contributed by atoms with E-state index < -0.39 is 17.3 Å². The number of aromatic nitrogens is 2. The second kappa shape index (κ2) is 5.60. The van der Waals surface area contributed by atoms with Crippen molar-refractivity contribution in [2.75, 3.05) is 11.9 Å². The smallest absolute Gasteiger partial charge is 0.356 e. The number of anilines is 1. The Morgan fingerprint density at radius 2 is 2.26 bits per heavy atom. The van der Waals surface area contributed by atoms with Crippen LogP contribution in [0.2, 0.25) is 0 Å². The van der Waals surface area contributed by atoms with E-state index in [1.54, 1.807) is 19.1 Å². The predicted molar refractivity (Wildman–Crippen MR) is 92.6 cm³/mol. The van der Waals surface area contributed by atoms with Gasteiger partial charge in [0.15, 0.2) is 5.69 Å². The number of carbonyl (C=O) groups excluding carboxylic acids is 2. The number of amides is 1. The van der Waals surface area contributed by atoms with Crippen LogP contribution in [-0.2, 0) is 14.9 Å². The van der Waals surface area contributed by atoms with E-state index in [1.165, 1.54) is 0 Å². The first-order valence-electron chi connectivity index (χ1n) is 8.21. The fourth-order valence-corrected chi connectivity index (χ4v) is 3.61. The van der Waals surface area contributed by atoms with E-state index in [0.717, 1.165) is 5.56 Å². The number of benzene rings is 1. The quantitative estimate of drug-likeness (QED) is 0.679. The Kier molecular flexibility index (Phi) is 3.46. The van der Waals surface area contributed by atoms with Gasteiger partial charge in [-0.05, 0) is 19.9 Å². The third-order valence-electron chi connectivity index (χ3n) is 4.70. The lowest BCUT2D eigenvalue weighted by molar-refractivity contribution is -0.118. The van der Waals surface area contributed by atoms with Crippen LogP contribution in [0.5, 0.6) is 5.88 Å². The molecule has 3 heterocycles. The van der Waals surface area contributed by atoms with Gasteiger partial charge < -0.3 is 20.5 Å². The first kappa shape index (κ1) is 16.7. The summed E-state index contributed by atoms with van der Waals surface area (Å²) in [5.74, 6) is -1.50. The largest absolute Gasteiger partial charge is 0.461 e. The van der Waals surface area contributed by atoms with Crippen LogP contribution in [0.4, 0.5) is 5.69 Å². The molecule has 1 spiro atoms. The number of hydrogen-bond donors (Lipinski definition) is 3. The number of aryl methyl sites for hydroxylation is 1. The average Bonchev–Trinajstić information content (AvgIpc) is 3.16. The van der Waals surface area contributed by atoms with Gasteiger partial charge in [-0.3, -0.25) is 9.89 Å². The van der Waals surface area contributed by atoms with E-state index in [-0.39, 0.29) is 35.2 Å². The number of esters is 1. The van der Waals surface area contributed by atoms with E-state index in [0.29, 0.717) is 11.3 Å². The van der Waals surface area contributed by atoms with Gasteiger partial charge in [-0.25, -0.2) is 4.79 Å².